The van der Waals surface area contributed by atoms with Crippen LogP contribution >= 0.6 is 12.4 Å². The van der Waals surface area contributed by atoms with E-state index in [1.807, 2.05) is 19.4 Å². The average molecular weight is 392 g/mol. The predicted molar refractivity (Wildman–Crippen MR) is 103 cm³/mol. The summed E-state index contributed by atoms with van der Waals surface area (Å²) in [6.07, 6.45) is 3.24. The van der Waals surface area contributed by atoms with Gasteiger partial charge in [0, 0.05) is 37.9 Å². The number of carbonyl (C=O) groups is 2. The summed E-state index contributed by atoms with van der Waals surface area (Å²) in [7, 11) is 1.87. The molecule has 1 saturated heterocycles. The Morgan fingerprint density at radius 1 is 1.37 bits per heavy atom. The summed E-state index contributed by atoms with van der Waals surface area (Å²) in [6, 6.07) is 5.26. The zero-order valence-electron chi connectivity index (χ0n) is 15.1. The number of amides is 2. The largest absolute Gasteiger partial charge is 0.479 e. The zero-order valence-corrected chi connectivity index (χ0v) is 15.9. The Bertz CT molecular complexity index is 868. The molecule has 0 spiro atoms. The van der Waals surface area contributed by atoms with Crippen molar-refractivity contribution < 1.29 is 14.3 Å². The van der Waals surface area contributed by atoms with Gasteiger partial charge >= 0.3 is 0 Å². The van der Waals surface area contributed by atoms with E-state index in [0.717, 1.165) is 12.1 Å². The molecule has 0 saturated carbocycles. The number of fused-ring (bicyclic) bond motifs is 1. The monoisotopic (exact) mass is 391 g/mol. The minimum absolute atomic E-state index is 0. The van der Waals surface area contributed by atoms with Crippen LogP contribution in [-0.4, -0.2) is 40.8 Å². The number of halogens is 1. The van der Waals surface area contributed by atoms with E-state index in [-0.39, 0.29) is 36.1 Å². The fourth-order valence-corrected chi connectivity index (χ4v) is 3.46. The highest BCUT2D eigenvalue weighted by atomic mass is 35.5. The first kappa shape index (κ1) is 19.2. The van der Waals surface area contributed by atoms with Gasteiger partial charge in [-0.25, -0.2) is 0 Å². The molecule has 144 valence electrons. The van der Waals surface area contributed by atoms with Crippen LogP contribution in [0.5, 0.6) is 5.75 Å². The van der Waals surface area contributed by atoms with E-state index in [1.54, 1.807) is 29.8 Å². The number of rotatable bonds is 3. The smallest absolute Gasteiger partial charge is 0.265 e. The molecule has 1 fully saturated rings. The minimum atomic E-state index is -0.521. The second-order valence-corrected chi connectivity index (χ2v) is 6.77. The van der Waals surface area contributed by atoms with E-state index >= 15 is 0 Å². The maximum absolute atomic E-state index is 12.8. The van der Waals surface area contributed by atoms with Gasteiger partial charge in [-0.1, -0.05) is 0 Å². The molecule has 3 atom stereocenters. The summed E-state index contributed by atoms with van der Waals surface area (Å²) < 4.78 is 7.28. The third-order valence-corrected chi connectivity index (χ3v) is 4.88. The molecule has 2 aliphatic rings. The third kappa shape index (κ3) is 3.77. The minimum Gasteiger partial charge on any atom is -0.479 e. The second kappa shape index (κ2) is 7.58. The third-order valence-electron chi connectivity index (χ3n) is 4.88. The van der Waals surface area contributed by atoms with Crippen molar-refractivity contribution in [2.75, 3.05) is 23.7 Å². The molecule has 2 aromatic rings. The molecule has 27 heavy (non-hydrogen) atoms. The number of anilines is 2. The number of hydrogen-bond acceptors (Lipinski definition) is 5. The van der Waals surface area contributed by atoms with Gasteiger partial charge in [0.25, 0.3) is 5.91 Å². The van der Waals surface area contributed by atoms with Crippen LogP contribution in [0.2, 0.25) is 0 Å². The summed E-state index contributed by atoms with van der Waals surface area (Å²) in [5.74, 6) is 0.259. The Kier molecular flexibility index (Phi) is 5.38. The van der Waals surface area contributed by atoms with Crippen LogP contribution in [0.15, 0.2) is 30.6 Å². The number of nitrogens with zero attached hydrogens (tertiary/aromatic N) is 2. The number of carbonyl (C=O) groups excluding carboxylic acids is 2. The number of aromatic nitrogens is 2. The highest BCUT2D eigenvalue weighted by molar-refractivity contribution is 5.99. The van der Waals surface area contributed by atoms with Gasteiger partial charge in [0.05, 0.1) is 17.8 Å². The lowest BCUT2D eigenvalue weighted by Crippen LogP contribution is -2.34. The first-order valence-electron chi connectivity index (χ1n) is 8.63. The zero-order chi connectivity index (χ0) is 18.3. The summed E-state index contributed by atoms with van der Waals surface area (Å²) in [5.41, 5.74) is 2.25. The molecule has 2 aliphatic heterocycles. The van der Waals surface area contributed by atoms with Gasteiger partial charge in [-0.15, -0.1) is 12.4 Å². The molecule has 1 aromatic carbocycles. The van der Waals surface area contributed by atoms with E-state index in [2.05, 4.69) is 21.0 Å². The van der Waals surface area contributed by atoms with Crippen LogP contribution in [0.4, 0.5) is 11.4 Å². The molecule has 4 rings (SSSR count). The molecule has 0 bridgehead atoms. The lowest BCUT2D eigenvalue weighted by Gasteiger charge is -2.24. The Balaban J connectivity index is 0.00000210. The standard InChI is InChI=1S/C18H21N5O3.ClH/c1-10-17(24)22-15-5-12(3-4-16(15)26-10)21-18(25)14-8-19-7-13(14)11-6-20-23(2)9-11;/h3-6,9-10,13-14,19H,7-8H2,1-2H3,(H,21,25)(H,22,24);1H/t10?,13-,14+;/m1./s1. The van der Waals surface area contributed by atoms with Gasteiger partial charge in [-0.2, -0.15) is 5.10 Å². The van der Waals surface area contributed by atoms with Crippen molar-refractivity contribution in [1.29, 1.82) is 0 Å². The van der Waals surface area contributed by atoms with Crippen LogP contribution < -0.4 is 20.7 Å². The van der Waals surface area contributed by atoms with E-state index < -0.39 is 6.10 Å². The van der Waals surface area contributed by atoms with Gasteiger partial charge in [0.1, 0.15) is 5.75 Å². The van der Waals surface area contributed by atoms with E-state index in [4.69, 9.17) is 4.74 Å². The van der Waals surface area contributed by atoms with Crippen LogP contribution in [0.1, 0.15) is 18.4 Å². The summed E-state index contributed by atoms with van der Waals surface area (Å²) in [6.45, 7) is 3.06. The van der Waals surface area contributed by atoms with Crippen LogP contribution in [0.25, 0.3) is 0 Å². The number of hydrogen-bond donors (Lipinski definition) is 3. The van der Waals surface area contributed by atoms with Crippen LogP contribution in [0.3, 0.4) is 0 Å². The van der Waals surface area contributed by atoms with Gasteiger partial charge in [-0.05, 0) is 30.7 Å². The quantitative estimate of drug-likeness (QED) is 0.736. The molecule has 1 unspecified atom stereocenters. The molecule has 8 nitrogen and oxygen atoms in total. The van der Waals surface area contributed by atoms with Crippen molar-refractivity contribution in [1.82, 2.24) is 15.1 Å². The predicted octanol–water partition coefficient (Wildman–Crippen LogP) is 1.50. The van der Waals surface area contributed by atoms with Crippen LogP contribution in [0, 0.1) is 5.92 Å². The highest BCUT2D eigenvalue weighted by Crippen LogP contribution is 2.33. The molecular weight excluding hydrogens is 370 g/mol. The van der Waals surface area contributed by atoms with Crippen molar-refractivity contribution in [3.05, 3.63) is 36.2 Å². The molecule has 3 heterocycles. The van der Waals surface area contributed by atoms with Gasteiger partial charge < -0.3 is 20.7 Å². The number of aryl methyl sites for hydroxylation is 1. The number of ether oxygens (including phenoxy) is 1. The lowest BCUT2D eigenvalue weighted by atomic mass is 9.90. The normalized spacial score (nSPS) is 23.6. The molecule has 0 radical (unpaired) electrons. The summed E-state index contributed by atoms with van der Waals surface area (Å²) in [4.78, 5) is 24.6. The molecule has 9 heteroatoms. The fourth-order valence-electron chi connectivity index (χ4n) is 3.46. The Hall–Kier alpha value is -2.58. The van der Waals surface area contributed by atoms with Crippen molar-refractivity contribution >= 4 is 35.6 Å². The second-order valence-electron chi connectivity index (χ2n) is 6.77. The molecule has 2 amide bonds. The highest BCUT2D eigenvalue weighted by Gasteiger charge is 2.35. The summed E-state index contributed by atoms with van der Waals surface area (Å²) in [5, 5.41) is 13.2. The van der Waals surface area contributed by atoms with Crippen LogP contribution in [-0.2, 0) is 16.6 Å². The molecule has 3 N–H and O–H groups in total. The maximum Gasteiger partial charge on any atom is 0.265 e. The Morgan fingerprint density at radius 2 is 2.19 bits per heavy atom. The van der Waals surface area contributed by atoms with Crippen molar-refractivity contribution in [3.63, 3.8) is 0 Å². The van der Waals surface area contributed by atoms with Crippen molar-refractivity contribution in [3.8, 4) is 5.75 Å². The summed E-state index contributed by atoms with van der Waals surface area (Å²) >= 11 is 0. The average Bonchev–Trinajstić information content (AvgIpc) is 3.24. The van der Waals surface area contributed by atoms with E-state index in [0.29, 0.717) is 23.7 Å². The van der Waals surface area contributed by atoms with E-state index in [1.165, 1.54) is 0 Å². The topological polar surface area (TPSA) is 97.3 Å². The first-order valence-corrected chi connectivity index (χ1v) is 8.63. The molecule has 0 aliphatic carbocycles. The first-order chi connectivity index (χ1) is 12.5. The van der Waals surface area contributed by atoms with Gasteiger partial charge in [0.15, 0.2) is 6.10 Å². The Morgan fingerprint density at radius 3 is 2.93 bits per heavy atom. The Labute approximate surface area is 163 Å². The van der Waals surface area contributed by atoms with E-state index in [9.17, 15) is 9.59 Å². The van der Waals surface area contributed by atoms with Gasteiger partial charge in [-0.3, -0.25) is 14.3 Å². The SMILES string of the molecule is CC1Oc2ccc(NC(=O)[C@H]3CNC[C@@H]3c3cnn(C)c3)cc2NC1=O.Cl. The molecule has 1 aromatic heterocycles. The van der Waals surface area contributed by atoms with Crippen molar-refractivity contribution in [2.45, 2.75) is 18.9 Å². The lowest BCUT2D eigenvalue weighted by molar-refractivity contribution is -0.122. The van der Waals surface area contributed by atoms with Crippen molar-refractivity contribution in [2.24, 2.45) is 13.0 Å². The van der Waals surface area contributed by atoms with Gasteiger partial charge in [0.2, 0.25) is 5.91 Å². The number of benzene rings is 1. The maximum atomic E-state index is 12.8. The molecular formula is C18H22ClN5O3. The number of nitrogens with one attached hydrogen (secondary N) is 3. The fraction of sp³-hybridized carbons (Fsp3) is 0.389.